The van der Waals surface area contributed by atoms with Crippen LogP contribution in [0.5, 0.6) is 5.75 Å². The van der Waals surface area contributed by atoms with Gasteiger partial charge in [0.25, 0.3) is 0 Å². The van der Waals surface area contributed by atoms with Crippen molar-refractivity contribution in [3.63, 3.8) is 0 Å². The monoisotopic (exact) mass is 274 g/mol. The molecule has 0 spiro atoms. The van der Waals surface area contributed by atoms with E-state index in [1.807, 2.05) is 0 Å². The first-order chi connectivity index (χ1) is 6.99. The van der Waals surface area contributed by atoms with Crippen molar-refractivity contribution in [3.05, 3.63) is 27.7 Å². The Kier molecular flexibility index (Phi) is 3.67. The molecule has 5 nitrogen and oxygen atoms in total. The summed E-state index contributed by atoms with van der Waals surface area (Å²) in [4.78, 5) is 10.9. The lowest BCUT2D eigenvalue weighted by molar-refractivity contribution is 0.0694. The second kappa shape index (κ2) is 4.61. The zero-order valence-corrected chi connectivity index (χ0v) is 9.36. The van der Waals surface area contributed by atoms with Crippen molar-refractivity contribution in [2.75, 3.05) is 6.54 Å². The minimum absolute atomic E-state index is 0.0337. The molecule has 0 fully saturated rings. The first kappa shape index (κ1) is 12.0. The maximum absolute atomic E-state index is 10.9. The van der Waals surface area contributed by atoms with Crippen LogP contribution in [0, 0.1) is 0 Å². The Morgan fingerprint density at radius 1 is 1.53 bits per heavy atom. The van der Waals surface area contributed by atoms with E-state index in [-0.39, 0.29) is 23.4 Å². The van der Waals surface area contributed by atoms with E-state index in [1.165, 1.54) is 12.1 Å². The van der Waals surface area contributed by atoms with E-state index in [1.54, 1.807) is 0 Å². The van der Waals surface area contributed by atoms with Gasteiger partial charge < -0.3 is 21.7 Å². The van der Waals surface area contributed by atoms with Crippen LogP contribution in [0.3, 0.4) is 0 Å². The lowest BCUT2D eigenvalue weighted by Crippen LogP contribution is -2.23. The molecule has 0 aromatic heterocycles. The lowest BCUT2D eigenvalue weighted by Gasteiger charge is -2.15. The third-order valence-corrected chi connectivity index (χ3v) is 2.66. The quantitative estimate of drug-likeness (QED) is 0.652. The number of carbonyl (C=O) groups is 1. The number of halogens is 1. The van der Waals surface area contributed by atoms with Gasteiger partial charge in [0.05, 0.1) is 10.0 Å². The molecule has 0 amide bonds. The van der Waals surface area contributed by atoms with Crippen molar-refractivity contribution < 1.29 is 15.0 Å². The normalized spacial score (nSPS) is 12.5. The van der Waals surface area contributed by atoms with Crippen molar-refractivity contribution in [3.8, 4) is 5.75 Å². The number of carboxylic acid groups (broad SMARTS) is 1. The Hall–Kier alpha value is -1.11. The number of phenolic OH excluding ortho intramolecular Hbond substituents is 1. The molecule has 0 aliphatic heterocycles. The number of hydrogen-bond acceptors (Lipinski definition) is 4. The molecule has 1 rings (SSSR count). The van der Waals surface area contributed by atoms with Crippen LogP contribution in [0.1, 0.15) is 22.0 Å². The van der Waals surface area contributed by atoms with Gasteiger partial charge in [-0.15, -0.1) is 0 Å². The lowest BCUT2D eigenvalue weighted by atomic mass is 10.00. The Labute approximate surface area is 94.8 Å². The van der Waals surface area contributed by atoms with E-state index in [0.717, 1.165) is 0 Å². The fourth-order valence-corrected chi connectivity index (χ4v) is 1.61. The van der Waals surface area contributed by atoms with E-state index in [9.17, 15) is 9.90 Å². The summed E-state index contributed by atoms with van der Waals surface area (Å²) in [5.74, 6) is -1.32. The van der Waals surface area contributed by atoms with Crippen molar-refractivity contribution in [2.45, 2.75) is 6.04 Å². The molecule has 1 aromatic rings. The second-order valence-corrected chi connectivity index (χ2v) is 3.86. The third kappa shape index (κ3) is 2.28. The summed E-state index contributed by atoms with van der Waals surface area (Å²) in [5, 5.41) is 18.6. The fraction of sp³-hybridized carbons (Fsp3) is 0.222. The van der Waals surface area contributed by atoms with Crippen LogP contribution < -0.4 is 11.5 Å². The Bertz CT molecular complexity index is 395. The van der Waals surface area contributed by atoms with Crippen molar-refractivity contribution in [1.82, 2.24) is 0 Å². The molecule has 0 radical (unpaired) electrons. The van der Waals surface area contributed by atoms with Gasteiger partial charge in [0.15, 0.2) is 0 Å². The van der Waals surface area contributed by atoms with Gasteiger partial charge in [0.2, 0.25) is 0 Å². The maximum Gasteiger partial charge on any atom is 0.336 e. The van der Waals surface area contributed by atoms with Gasteiger partial charge in [-0.1, -0.05) is 0 Å². The Balaban J connectivity index is 3.41. The highest BCUT2D eigenvalue weighted by atomic mass is 79.9. The van der Waals surface area contributed by atoms with Crippen LogP contribution >= 0.6 is 15.9 Å². The van der Waals surface area contributed by atoms with E-state index in [0.29, 0.717) is 4.47 Å². The number of phenols is 1. The molecule has 0 saturated heterocycles. The van der Waals surface area contributed by atoms with E-state index >= 15 is 0 Å². The predicted molar refractivity (Wildman–Crippen MR) is 58.7 cm³/mol. The molecule has 0 heterocycles. The molecule has 1 atom stereocenters. The first-order valence-electron chi connectivity index (χ1n) is 4.19. The summed E-state index contributed by atoms with van der Waals surface area (Å²) in [6, 6.07) is 2.12. The summed E-state index contributed by atoms with van der Waals surface area (Å²) in [5.41, 5.74) is 11.1. The molecule has 6 N–H and O–H groups in total. The molecule has 6 heteroatoms. The van der Waals surface area contributed by atoms with Crippen LogP contribution in [0.4, 0.5) is 0 Å². The third-order valence-electron chi connectivity index (χ3n) is 2.02. The molecule has 0 aliphatic carbocycles. The number of aromatic hydroxyl groups is 1. The standard InChI is InChI=1S/C9H11BrN2O3/c10-5-2-1-4(9(14)15)7(8(5)13)6(12)3-11/h1-2,6,13H,3,11-12H2,(H,14,15)/t6-/m0/s1. The molecular formula is C9H11BrN2O3. The number of aromatic carboxylic acids is 1. The molecule has 0 aliphatic rings. The molecule has 1 aromatic carbocycles. The molecular weight excluding hydrogens is 264 g/mol. The van der Waals surface area contributed by atoms with Crippen molar-refractivity contribution in [1.29, 1.82) is 0 Å². The highest BCUT2D eigenvalue weighted by Gasteiger charge is 2.20. The van der Waals surface area contributed by atoms with Crippen molar-refractivity contribution >= 4 is 21.9 Å². The molecule has 82 valence electrons. The van der Waals surface area contributed by atoms with Crippen molar-refractivity contribution in [2.24, 2.45) is 11.5 Å². The summed E-state index contributed by atoms with van der Waals surface area (Å²) < 4.78 is 0.395. The molecule has 0 bridgehead atoms. The Morgan fingerprint density at radius 3 is 2.60 bits per heavy atom. The topological polar surface area (TPSA) is 110 Å². The van der Waals surface area contributed by atoms with Gasteiger partial charge in [-0.3, -0.25) is 0 Å². The fourth-order valence-electron chi connectivity index (χ4n) is 1.26. The second-order valence-electron chi connectivity index (χ2n) is 3.00. The van der Waals surface area contributed by atoms with Crippen LogP contribution in [0.15, 0.2) is 16.6 Å². The van der Waals surface area contributed by atoms with E-state index in [4.69, 9.17) is 16.6 Å². The minimum atomic E-state index is -1.14. The average molecular weight is 275 g/mol. The van der Waals surface area contributed by atoms with Gasteiger partial charge in [-0.2, -0.15) is 0 Å². The summed E-state index contributed by atoms with van der Waals surface area (Å²) in [7, 11) is 0. The SMILES string of the molecule is NC[C@H](N)c1c(C(=O)O)ccc(Br)c1O. The summed E-state index contributed by atoms with van der Waals surface area (Å²) in [6.45, 7) is 0.0598. The van der Waals surface area contributed by atoms with Gasteiger partial charge >= 0.3 is 5.97 Å². The molecule has 0 saturated carbocycles. The number of carboxylic acids is 1. The van der Waals surface area contributed by atoms with Gasteiger partial charge in [0.1, 0.15) is 5.75 Å². The maximum atomic E-state index is 10.9. The highest BCUT2D eigenvalue weighted by molar-refractivity contribution is 9.10. The van der Waals surface area contributed by atoms with Gasteiger partial charge in [-0.25, -0.2) is 4.79 Å². The average Bonchev–Trinajstić information content (AvgIpc) is 2.20. The van der Waals surface area contributed by atoms with Crippen LogP contribution in [0.25, 0.3) is 0 Å². The van der Waals surface area contributed by atoms with Gasteiger partial charge in [0, 0.05) is 18.2 Å². The minimum Gasteiger partial charge on any atom is -0.506 e. The number of benzene rings is 1. The Morgan fingerprint density at radius 2 is 2.13 bits per heavy atom. The first-order valence-corrected chi connectivity index (χ1v) is 4.98. The molecule has 0 unspecified atom stereocenters. The number of nitrogens with two attached hydrogens (primary N) is 2. The van der Waals surface area contributed by atoms with Crippen LogP contribution in [-0.2, 0) is 0 Å². The smallest absolute Gasteiger partial charge is 0.336 e. The molecule has 15 heavy (non-hydrogen) atoms. The zero-order chi connectivity index (χ0) is 11.6. The summed E-state index contributed by atoms with van der Waals surface area (Å²) >= 11 is 3.09. The predicted octanol–water partition coefficient (Wildman–Crippen LogP) is 0.811. The highest BCUT2D eigenvalue weighted by Crippen LogP contribution is 2.33. The summed E-state index contributed by atoms with van der Waals surface area (Å²) in [6.07, 6.45) is 0. The van der Waals surface area contributed by atoms with E-state index < -0.39 is 12.0 Å². The van der Waals surface area contributed by atoms with Crippen LogP contribution in [0.2, 0.25) is 0 Å². The van der Waals surface area contributed by atoms with Crippen LogP contribution in [-0.4, -0.2) is 22.7 Å². The number of hydrogen-bond donors (Lipinski definition) is 4. The van der Waals surface area contributed by atoms with Gasteiger partial charge in [-0.05, 0) is 28.1 Å². The van der Waals surface area contributed by atoms with E-state index in [2.05, 4.69) is 15.9 Å². The largest absolute Gasteiger partial charge is 0.506 e. The zero-order valence-electron chi connectivity index (χ0n) is 7.77. The number of rotatable bonds is 3.